The average molecular weight is 920 g/mol. The van der Waals surface area contributed by atoms with Crippen LogP contribution in [0.3, 0.4) is 0 Å². The zero-order chi connectivity index (χ0) is 46.5. The Morgan fingerprint density at radius 2 is 1.83 bits per heavy atom. The fraction of sp³-hybridized carbons (Fsp3) is 0.660. The lowest BCUT2D eigenvalue weighted by atomic mass is 9.85. The molecule has 1 aromatic carbocycles. The minimum atomic E-state index is -4.03. The van der Waals surface area contributed by atoms with Crippen molar-refractivity contribution in [1.29, 1.82) is 0 Å². The highest BCUT2D eigenvalue weighted by Crippen LogP contribution is 2.47. The number of para-hydroxylation sites is 1. The van der Waals surface area contributed by atoms with Gasteiger partial charge in [-0.3, -0.25) is 28.8 Å². The minimum absolute atomic E-state index is 0.00351. The summed E-state index contributed by atoms with van der Waals surface area (Å²) >= 11 is 0. The zero-order valence-corrected chi connectivity index (χ0v) is 38.9. The van der Waals surface area contributed by atoms with Gasteiger partial charge in [0.1, 0.15) is 35.6 Å². The van der Waals surface area contributed by atoms with Crippen molar-refractivity contribution in [2.24, 2.45) is 23.0 Å². The third-order valence-corrected chi connectivity index (χ3v) is 16.6. The van der Waals surface area contributed by atoms with Crippen molar-refractivity contribution in [3.05, 3.63) is 42.5 Å². The first kappa shape index (κ1) is 46.6. The topological polar surface area (TPSA) is 229 Å². The van der Waals surface area contributed by atoms with Crippen LogP contribution in [0.5, 0.6) is 11.6 Å². The average Bonchev–Trinajstić information content (AvgIpc) is 4.20. The second-order valence-corrected chi connectivity index (χ2v) is 22.6. The number of carbonyl (C=O) groups is 5. The molecule has 1 aromatic heterocycles. The Balaban J connectivity index is 1.11. The van der Waals surface area contributed by atoms with Gasteiger partial charge >= 0.3 is 6.09 Å². The van der Waals surface area contributed by atoms with E-state index in [1.165, 1.54) is 11.0 Å². The molecule has 17 nitrogen and oxygen atoms in total. The smallest absolute Gasteiger partial charge is 0.408 e. The summed E-state index contributed by atoms with van der Waals surface area (Å²) in [5.41, 5.74) is 4.68. The van der Waals surface area contributed by atoms with Crippen molar-refractivity contribution in [2.45, 2.75) is 152 Å². The van der Waals surface area contributed by atoms with Crippen LogP contribution >= 0.6 is 0 Å². The maximum Gasteiger partial charge on any atom is 0.408 e. The lowest BCUT2D eigenvalue weighted by Gasteiger charge is -2.35. The monoisotopic (exact) mass is 919 g/mol. The standard InChI is InChI=1S/C47H65N7O10S/c1-6-29-26-47(29,43(58)52-65(60,61)46(5)19-20-46)51-40(56)35-25-30-27-54(35)42(57)38(45(2,3)4)50-44(59)64-36-24-28(36)14-8-7-9-16-32-37(31-15-10-11-17-33(31)49-41(32)63-30)62-23-13-22-53-21-12-18-34(53)39(48)55/h6,10-11,15,17,28-30,34-36,38H,1,7-9,12-14,16,18-27H2,2-5H3,(H2,48,55)(H,50,59)(H,51,56)(H,52,58)/t28-,29?,30-,34-,35+,36-,38-,47-/m1/s1. The predicted molar refractivity (Wildman–Crippen MR) is 241 cm³/mol. The number of ether oxygens (including phenoxy) is 3. The number of rotatable bonds is 12. The second-order valence-electron chi connectivity index (χ2n) is 20.4. The van der Waals surface area contributed by atoms with Crippen LogP contribution < -0.4 is 30.6 Å². The number of primary amides is 1. The molecular weight excluding hydrogens is 855 g/mol. The number of nitrogens with one attached hydrogen (secondary N) is 3. The Hall–Kier alpha value is -4.97. The number of fused-ring (bicyclic) bond motifs is 5. The fourth-order valence-electron chi connectivity index (χ4n) is 9.85. The quantitative estimate of drug-likeness (QED) is 0.175. The van der Waals surface area contributed by atoms with E-state index in [1.807, 2.05) is 45.0 Å². The van der Waals surface area contributed by atoms with Gasteiger partial charge in [0.2, 0.25) is 33.6 Å². The third-order valence-electron chi connectivity index (χ3n) is 14.4. The van der Waals surface area contributed by atoms with Gasteiger partial charge in [-0.25, -0.2) is 18.2 Å². The van der Waals surface area contributed by atoms with Gasteiger partial charge in [0.05, 0.1) is 35.0 Å². The first-order chi connectivity index (χ1) is 30.8. The van der Waals surface area contributed by atoms with Gasteiger partial charge in [0, 0.05) is 24.3 Å². The molecule has 6 aliphatic rings. The SMILES string of the molecule is C=CC1C[C@]1(NC(=O)[C@@H]1C[C@@H]2CN1C(=O)[C@H](C(C)(C)C)NC(=O)O[C@@H]1C[C@H]1CCCCCc1c(nc3ccccc3c1OCCCN1CCC[C@@H]1C(N)=O)O2)C(=O)NS(=O)(=O)C1(C)CC1. The molecule has 0 radical (unpaired) electrons. The number of alkyl carbamates (subject to hydrolysis) is 1. The van der Waals surface area contributed by atoms with Crippen LogP contribution in [0.25, 0.3) is 10.9 Å². The van der Waals surface area contributed by atoms with Crippen LogP contribution in [-0.2, 0) is 40.4 Å². The van der Waals surface area contributed by atoms with Crippen LogP contribution in [0.4, 0.5) is 4.79 Å². The van der Waals surface area contributed by atoms with E-state index >= 15 is 0 Å². The fourth-order valence-corrected chi connectivity index (χ4v) is 11.2. The predicted octanol–water partition coefficient (Wildman–Crippen LogP) is 4.01. The number of likely N-dealkylation sites (tertiary alicyclic amines) is 1. The van der Waals surface area contributed by atoms with E-state index in [9.17, 15) is 32.4 Å². The summed E-state index contributed by atoms with van der Waals surface area (Å²) < 4.78 is 46.9. The maximum atomic E-state index is 14.9. The van der Waals surface area contributed by atoms with E-state index in [2.05, 4.69) is 26.8 Å². The molecule has 4 heterocycles. The normalized spacial score (nSPS) is 30.3. The zero-order valence-electron chi connectivity index (χ0n) is 38.1. The van der Waals surface area contributed by atoms with Crippen LogP contribution in [-0.4, -0.2) is 120 Å². The molecule has 1 unspecified atom stereocenters. The van der Waals surface area contributed by atoms with E-state index < -0.39 is 73.6 Å². The molecule has 3 aliphatic carbocycles. The number of nitrogens with two attached hydrogens (primary N) is 1. The van der Waals surface area contributed by atoms with Gasteiger partial charge in [-0.05, 0) is 101 Å². The molecule has 3 aliphatic heterocycles. The summed E-state index contributed by atoms with van der Waals surface area (Å²) in [7, 11) is -4.03. The van der Waals surface area contributed by atoms with Crippen LogP contribution in [0.1, 0.15) is 110 Å². The number of sulfonamides is 1. The van der Waals surface area contributed by atoms with Crippen molar-refractivity contribution in [2.75, 3.05) is 26.2 Å². The summed E-state index contributed by atoms with van der Waals surface area (Å²) in [5, 5.41) is 6.49. The van der Waals surface area contributed by atoms with Crippen molar-refractivity contribution >= 4 is 50.6 Å². The van der Waals surface area contributed by atoms with Crippen molar-refractivity contribution in [1.82, 2.24) is 30.1 Å². The highest BCUT2D eigenvalue weighted by atomic mass is 32.2. The first-order valence-electron chi connectivity index (χ1n) is 23.4. The number of aromatic nitrogens is 1. The summed E-state index contributed by atoms with van der Waals surface area (Å²) in [6.07, 6.45) is 7.83. The van der Waals surface area contributed by atoms with Gasteiger partial charge in [-0.2, -0.15) is 0 Å². The second kappa shape index (κ2) is 18.0. The van der Waals surface area contributed by atoms with Crippen LogP contribution in [0.15, 0.2) is 36.9 Å². The van der Waals surface area contributed by atoms with Gasteiger partial charge < -0.3 is 35.5 Å². The number of benzene rings is 1. The van der Waals surface area contributed by atoms with Crippen LogP contribution in [0.2, 0.25) is 0 Å². The number of hydrogen-bond acceptors (Lipinski definition) is 12. The minimum Gasteiger partial charge on any atom is -0.492 e. The number of nitrogens with zero attached hydrogens (tertiary/aromatic N) is 3. The molecule has 354 valence electrons. The molecule has 5 N–H and O–H groups in total. The number of amides is 5. The molecule has 2 bridgehead atoms. The Morgan fingerprint density at radius 1 is 1.06 bits per heavy atom. The highest BCUT2D eigenvalue weighted by molar-refractivity contribution is 7.91. The molecule has 8 atom stereocenters. The van der Waals surface area contributed by atoms with E-state index in [4.69, 9.17) is 24.9 Å². The van der Waals surface area contributed by atoms with Gasteiger partial charge in [0.25, 0.3) is 5.91 Å². The van der Waals surface area contributed by atoms with E-state index in [-0.39, 0.29) is 43.4 Å². The van der Waals surface area contributed by atoms with Gasteiger partial charge in [-0.1, -0.05) is 51.8 Å². The van der Waals surface area contributed by atoms with E-state index in [0.29, 0.717) is 56.0 Å². The Morgan fingerprint density at radius 3 is 2.54 bits per heavy atom. The molecule has 2 saturated heterocycles. The van der Waals surface area contributed by atoms with Gasteiger partial charge in [0.15, 0.2) is 0 Å². The van der Waals surface area contributed by atoms with Crippen LogP contribution in [0, 0.1) is 17.3 Å². The number of carbonyl (C=O) groups excluding carboxylic acids is 5. The third kappa shape index (κ3) is 9.79. The van der Waals surface area contributed by atoms with E-state index in [1.54, 1.807) is 6.92 Å². The summed E-state index contributed by atoms with van der Waals surface area (Å²) in [5.74, 6) is -1.75. The number of pyridine rings is 1. The lowest BCUT2D eigenvalue weighted by molar-refractivity contribution is -0.142. The Labute approximate surface area is 381 Å². The van der Waals surface area contributed by atoms with Gasteiger partial charge in [-0.15, -0.1) is 6.58 Å². The molecule has 65 heavy (non-hydrogen) atoms. The summed E-state index contributed by atoms with van der Waals surface area (Å²) in [6.45, 7) is 12.6. The Bertz CT molecular complexity index is 2330. The molecule has 0 spiro atoms. The van der Waals surface area contributed by atoms with Crippen molar-refractivity contribution in [3.8, 4) is 11.6 Å². The molecule has 3 saturated carbocycles. The summed E-state index contributed by atoms with van der Waals surface area (Å²) in [4.78, 5) is 77.4. The molecule has 5 amide bonds. The maximum absolute atomic E-state index is 14.9. The number of hydrogen-bond donors (Lipinski definition) is 4. The molecular formula is C47H65N7O10S. The molecule has 18 heteroatoms. The van der Waals surface area contributed by atoms with Crippen molar-refractivity contribution in [3.63, 3.8) is 0 Å². The molecule has 2 aromatic rings. The first-order valence-corrected chi connectivity index (χ1v) is 24.9. The molecule has 8 rings (SSSR count). The Kier molecular flexibility index (Phi) is 12.9. The lowest BCUT2D eigenvalue weighted by Crippen LogP contribution is -2.60. The van der Waals surface area contributed by atoms with E-state index in [0.717, 1.165) is 62.4 Å². The van der Waals surface area contributed by atoms with Crippen molar-refractivity contribution < 1.29 is 46.6 Å². The highest BCUT2D eigenvalue weighted by Gasteiger charge is 2.63. The summed E-state index contributed by atoms with van der Waals surface area (Å²) in [6, 6.07) is 5.08. The largest absolute Gasteiger partial charge is 0.492 e. The molecule has 5 fully saturated rings.